The van der Waals surface area contributed by atoms with Crippen LogP contribution in [0.4, 0.5) is 0 Å². The summed E-state index contributed by atoms with van der Waals surface area (Å²) in [5.41, 5.74) is 1.33. The van der Waals surface area contributed by atoms with Crippen LogP contribution in [0.1, 0.15) is 25.3 Å². The molecule has 1 aromatic carbocycles. The minimum absolute atomic E-state index is 0.265. The van der Waals surface area contributed by atoms with Crippen molar-refractivity contribution in [2.75, 3.05) is 32.7 Å². The van der Waals surface area contributed by atoms with E-state index >= 15 is 0 Å². The van der Waals surface area contributed by atoms with Gasteiger partial charge in [-0.3, -0.25) is 9.89 Å². The number of aliphatic imine (C=N–C) groups is 1. The van der Waals surface area contributed by atoms with Crippen molar-refractivity contribution in [3.8, 4) is 0 Å². The normalized spacial score (nSPS) is 18.3. The highest BCUT2D eigenvalue weighted by molar-refractivity contribution is 7.91. The van der Waals surface area contributed by atoms with Gasteiger partial charge in [0.05, 0.1) is 6.54 Å². The van der Waals surface area contributed by atoms with Crippen LogP contribution in [0.5, 0.6) is 0 Å². The van der Waals surface area contributed by atoms with E-state index in [9.17, 15) is 8.42 Å². The Bertz CT molecular complexity index is 885. The standard InChI is InChI=1S/C21H31N5O2S2/c1-2-22-21(23-12-13-24-30(27,28)20-11-7-15-29-20)25-19-10-6-14-26(17-19)16-18-8-4-3-5-9-18/h3-5,7-9,11,15,19,24H,2,6,10,12-14,16-17H2,1H3,(H2,22,23,25). The molecule has 2 heterocycles. The highest BCUT2D eigenvalue weighted by Gasteiger charge is 2.21. The quantitative estimate of drug-likeness (QED) is 0.311. The van der Waals surface area contributed by atoms with Crippen LogP contribution in [0.2, 0.25) is 0 Å². The number of likely N-dealkylation sites (tertiary alicyclic amines) is 1. The summed E-state index contributed by atoms with van der Waals surface area (Å²) in [7, 11) is -3.44. The Morgan fingerprint density at radius 1 is 1.23 bits per heavy atom. The van der Waals surface area contributed by atoms with Crippen molar-refractivity contribution in [3.63, 3.8) is 0 Å². The Morgan fingerprint density at radius 3 is 2.80 bits per heavy atom. The van der Waals surface area contributed by atoms with Gasteiger partial charge in [-0.15, -0.1) is 11.3 Å². The van der Waals surface area contributed by atoms with Gasteiger partial charge in [-0.1, -0.05) is 36.4 Å². The summed E-state index contributed by atoms with van der Waals surface area (Å²) in [6.45, 7) is 6.45. The topological polar surface area (TPSA) is 85.8 Å². The molecule has 1 aromatic heterocycles. The smallest absolute Gasteiger partial charge is 0.250 e. The van der Waals surface area contributed by atoms with Crippen molar-refractivity contribution in [1.29, 1.82) is 0 Å². The van der Waals surface area contributed by atoms with Crippen molar-refractivity contribution in [1.82, 2.24) is 20.3 Å². The number of benzene rings is 1. The zero-order chi connectivity index (χ0) is 21.2. The molecule has 7 nitrogen and oxygen atoms in total. The molecule has 1 saturated heterocycles. The number of rotatable bonds is 9. The third-order valence-corrected chi connectivity index (χ3v) is 7.73. The zero-order valence-electron chi connectivity index (χ0n) is 17.4. The summed E-state index contributed by atoms with van der Waals surface area (Å²) in [6, 6.07) is 14.2. The molecule has 2 aromatic rings. The minimum Gasteiger partial charge on any atom is -0.357 e. The first-order valence-electron chi connectivity index (χ1n) is 10.4. The van der Waals surface area contributed by atoms with Gasteiger partial charge in [0.2, 0.25) is 10.0 Å². The maximum atomic E-state index is 12.2. The van der Waals surface area contributed by atoms with Gasteiger partial charge in [0.15, 0.2) is 5.96 Å². The number of piperidine rings is 1. The molecular formula is C21H31N5O2S2. The Labute approximate surface area is 183 Å². The second kappa shape index (κ2) is 11.5. The van der Waals surface area contributed by atoms with E-state index < -0.39 is 10.0 Å². The summed E-state index contributed by atoms with van der Waals surface area (Å²) in [5.74, 6) is 0.736. The third-order valence-electron chi connectivity index (χ3n) is 4.87. The third kappa shape index (κ3) is 7.09. The van der Waals surface area contributed by atoms with Crippen LogP contribution in [0.3, 0.4) is 0 Å². The van der Waals surface area contributed by atoms with Crippen molar-refractivity contribution < 1.29 is 8.42 Å². The molecule has 1 fully saturated rings. The van der Waals surface area contributed by atoms with Gasteiger partial charge in [-0.05, 0) is 43.3 Å². The number of nitrogens with one attached hydrogen (secondary N) is 3. The first-order chi connectivity index (χ1) is 14.6. The molecule has 1 aliphatic rings. The van der Waals surface area contributed by atoms with E-state index in [1.807, 2.05) is 13.0 Å². The minimum atomic E-state index is -3.44. The molecule has 164 valence electrons. The van der Waals surface area contributed by atoms with Crippen LogP contribution >= 0.6 is 11.3 Å². The fourth-order valence-corrected chi connectivity index (χ4v) is 5.57. The number of nitrogens with zero attached hydrogens (tertiary/aromatic N) is 2. The van der Waals surface area contributed by atoms with Crippen molar-refractivity contribution in [3.05, 3.63) is 53.4 Å². The molecule has 3 N–H and O–H groups in total. The molecule has 0 amide bonds. The van der Waals surface area contributed by atoms with Gasteiger partial charge >= 0.3 is 0 Å². The van der Waals surface area contributed by atoms with E-state index in [4.69, 9.17) is 0 Å². The predicted molar refractivity (Wildman–Crippen MR) is 123 cm³/mol. The maximum absolute atomic E-state index is 12.2. The predicted octanol–water partition coefficient (Wildman–Crippen LogP) is 2.25. The molecule has 9 heteroatoms. The number of thiophene rings is 1. The van der Waals surface area contributed by atoms with Crippen LogP contribution in [-0.2, 0) is 16.6 Å². The van der Waals surface area contributed by atoms with Crippen molar-refractivity contribution in [2.45, 2.75) is 36.6 Å². The van der Waals surface area contributed by atoms with Crippen LogP contribution in [0.25, 0.3) is 0 Å². The molecule has 1 aliphatic heterocycles. The molecule has 0 saturated carbocycles. The van der Waals surface area contributed by atoms with Crippen molar-refractivity contribution in [2.24, 2.45) is 4.99 Å². The number of guanidine groups is 1. The largest absolute Gasteiger partial charge is 0.357 e. The van der Waals surface area contributed by atoms with Crippen LogP contribution in [0.15, 0.2) is 57.0 Å². The summed E-state index contributed by atoms with van der Waals surface area (Å²) >= 11 is 1.21. The molecule has 0 radical (unpaired) electrons. The first-order valence-corrected chi connectivity index (χ1v) is 12.8. The Kier molecular flexibility index (Phi) is 8.68. The van der Waals surface area contributed by atoms with Crippen molar-refractivity contribution >= 4 is 27.3 Å². The number of hydrogen-bond donors (Lipinski definition) is 3. The van der Waals surface area contributed by atoms with Gasteiger partial charge in [0.1, 0.15) is 4.21 Å². The Balaban J connectivity index is 1.49. The van der Waals surface area contributed by atoms with E-state index in [2.05, 4.69) is 49.5 Å². The lowest BCUT2D eigenvalue weighted by Crippen LogP contribution is -2.51. The average Bonchev–Trinajstić information content (AvgIpc) is 3.28. The van der Waals surface area contributed by atoms with E-state index in [0.717, 1.165) is 45.0 Å². The van der Waals surface area contributed by atoms with Gasteiger partial charge in [-0.2, -0.15) is 0 Å². The van der Waals surface area contributed by atoms with Gasteiger partial charge in [0.25, 0.3) is 0 Å². The number of sulfonamides is 1. The summed E-state index contributed by atoms with van der Waals surface area (Å²) in [6.07, 6.45) is 2.24. The molecule has 3 rings (SSSR count). The van der Waals surface area contributed by atoms with E-state index in [0.29, 0.717) is 16.8 Å². The lowest BCUT2D eigenvalue weighted by Gasteiger charge is -2.34. The number of hydrogen-bond acceptors (Lipinski definition) is 5. The first kappa shape index (κ1) is 22.7. The summed E-state index contributed by atoms with van der Waals surface area (Å²) in [4.78, 5) is 7.02. The lowest BCUT2D eigenvalue weighted by atomic mass is 10.0. The van der Waals surface area contributed by atoms with E-state index in [1.165, 1.54) is 16.9 Å². The summed E-state index contributed by atoms with van der Waals surface area (Å²) < 4.78 is 27.3. The highest BCUT2D eigenvalue weighted by Crippen LogP contribution is 2.15. The zero-order valence-corrected chi connectivity index (χ0v) is 19.0. The molecule has 0 spiro atoms. The van der Waals surface area contributed by atoms with Gasteiger partial charge < -0.3 is 10.6 Å². The fraction of sp³-hybridized carbons (Fsp3) is 0.476. The van der Waals surface area contributed by atoms with Gasteiger partial charge in [-0.25, -0.2) is 13.1 Å². The van der Waals surface area contributed by atoms with Crippen LogP contribution < -0.4 is 15.4 Å². The average molecular weight is 450 g/mol. The highest BCUT2D eigenvalue weighted by atomic mass is 32.2. The summed E-state index contributed by atoms with van der Waals surface area (Å²) in [5, 5.41) is 8.54. The molecular weight excluding hydrogens is 418 g/mol. The Morgan fingerprint density at radius 2 is 2.07 bits per heavy atom. The molecule has 30 heavy (non-hydrogen) atoms. The SMILES string of the molecule is CCNC(=NCCNS(=O)(=O)c1cccs1)NC1CCCN(Cc2ccccc2)C1. The lowest BCUT2D eigenvalue weighted by molar-refractivity contribution is 0.192. The molecule has 0 aliphatic carbocycles. The van der Waals surface area contributed by atoms with Crippen LogP contribution in [0, 0.1) is 0 Å². The molecule has 0 bridgehead atoms. The second-order valence-corrected chi connectivity index (χ2v) is 10.2. The second-order valence-electron chi connectivity index (χ2n) is 7.29. The van der Waals surface area contributed by atoms with Crippen LogP contribution in [-0.4, -0.2) is 58.0 Å². The van der Waals surface area contributed by atoms with Gasteiger partial charge in [0, 0.05) is 32.2 Å². The maximum Gasteiger partial charge on any atom is 0.250 e. The molecule has 1 atom stereocenters. The molecule has 1 unspecified atom stereocenters. The Hall–Kier alpha value is -1.94. The monoisotopic (exact) mass is 449 g/mol. The van der Waals surface area contributed by atoms with E-state index in [1.54, 1.807) is 17.5 Å². The van der Waals surface area contributed by atoms with E-state index in [-0.39, 0.29) is 6.54 Å². The fourth-order valence-electron chi connectivity index (χ4n) is 3.51.